The van der Waals surface area contributed by atoms with E-state index in [1.807, 2.05) is 0 Å². The molecule has 1 amide bonds. The Morgan fingerprint density at radius 2 is 1.75 bits per heavy atom. The minimum absolute atomic E-state index is 0.0934. The molecule has 0 aromatic heterocycles. The molecule has 7 heteroatoms. The van der Waals surface area contributed by atoms with E-state index in [4.69, 9.17) is 4.74 Å². The Morgan fingerprint density at radius 3 is 2.42 bits per heavy atom. The number of alkyl halides is 3. The van der Waals surface area contributed by atoms with Gasteiger partial charge in [0.15, 0.2) is 0 Å². The lowest BCUT2D eigenvalue weighted by Crippen LogP contribution is -2.48. The zero-order chi connectivity index (χ0) is 17.3. The maximum absolute atomic E-state index is 13.3. The highest BCUT2D eigenvalue weighted by Gasteiger charge is 2.50. The van der Waals surface area contributed by atoms with Crippen LogP contribution in [-0.2, 0) is 9.53 Å². The van der Waals surface area contributed by atoms with Crippen LogP contribution in [0.2, 0.25) is 0 Å². The molecule has 0 aromatic rings. The number of nitrogens with zero attached hydrogens (tertiary/aromatic N) is 2. The fraction of sp³-hybridized carbons (Fsp3) is 0.941. The largest absolute Gasteiger partial charge is 0.392 e. The summed E-state index contributed by atoms with van der Waals surface area (Å²) in [5, 5.41) is 0. The van der Waals surface area contributed by atoms with Crippen molar-refractivity contribution in [3.63, 3.8) is 0 Å². The summed E-state index contributed by atoms with van der Waals surface area (Å²) in [6.45, 7) is 6.28. The molecule has 24 heavy (non-hydrogen) atoms. The number of halogens is 3. The summed E-state index contributed by atoms with van der Waals surface area (Å²) in [5.74, 6) is -2.33. The monoisotopic (exact) mass is 348 g/mol. The van der Waals surface area contributed by atoms with Gasteiger partial charge < -0.3 is 9.64 Å². The normalized spacial score (nSPS) is 36.1. The molecule has 0 radical (unpaired) electrons. The third-order valence-electron chi connectivity index (χ3n) is 5.90. The molecule has 0 bridgehead atoms. The lowest BCUT2D eigenvalue weighted by atomic mass is 9.78. The van der Waals surface area contributed by atoms with Crippen molar-refractivity contribution in [1.82, 2.24) is 9.80 Å². The number of hydrogen-bond acceptors (Lipinski definition) is 3. The number of hydrogen-bond donors (Lipinski definition) is 0. The molecular formula is C17H27F3N2O2. The first kappa shape index (κ1) is 18.0. The van der Waals surface area contributed by atoms with Gasteiger partial charge in [-0.25, -0.2) is 0 Å². The summed E-state index contributed by atoms with van der Waals surface area (Å²) in [7, 11) is 0. The van der Waals surface area contributed by atoms with Crippen molar-refractivity contribution in [3.05, 3.63) is 0 Å². The standard InChI is InChI=1S/C17H27F3N2O2/c1-12-10-22(11-15(12)21-6-8-24-9-7-21)16(23)13-4-2-3-5-14(13)17(18,19)20/h12-15H,2-11H2,1H3/t12-,13-,14-,15-/m1/s1. The van der Waals surface area contributed by atoms with Crippen LogP contribution in [0.5, 0.6) is 0 Å². The molecule has 3 rings (SSSR count). The van der Waals surface area contributed by atoms with Crippen LogP contribution in [0, 0.1) is 17.8 Å². The second-order valence-corrected chi connectivity index (χ2v) is 7.48. The molecule has 3 fully saturated rings. The van der Waals surface area contributed by atoms with Crippen molar-refractivity contribution < 1.29 is 22.7 Å². The van der Waals surface area contributed by atoms with Gasteiger partial charge in [-0.1, -0.05) is 19.8 Å². The summed E-state index contributed by atoms with van der Waals surface area (Å²) >= 11 is 0. The number of rotatable bonds is 2. The molecular weight excluding hydrogens is 321 g/mol. The minimum atomic E-state index is -4.27. The predicted octanol–water partition coefficient (Wildman–Crippen LogP) is 2.53. The molecule has 0 N–H and O–H groups in total. The zero-order valence-electron chi connectivity index (χ0n) is 14.2. The van der Waals surface area contributed by atoms with Gasteiger partial charge in [0.1, 0.15) is 0 Å². The van der Waals surface area contributed by atoms with Gasteiger partial charge in [-0.15, -0.1) is 0 Å². The van der Waals surface area contributed by atoms with Gasteiger partial charge in [-0.05, 0) is 18.8 Å². The Balaban J connectivity index is 1.66. The van der Waals surface area contributed by atoms with Gasteiger partial charge in [-0.2, -0.15) is 13.2 Å². The molecule has 1 aliphatic carbocycles. The summed E-state index contributed by atoms with van der Waals surface area (Å²) in [4.78, 5) is 16.8. The van der Waals surface area contributed by atoms with E-state index in [0.717, 1.165) is 19.5 Å². The second kappa shape index (κ2) is 7.20. The van der Waals surface area contributed by atoms with Gasteiger partial charge in [-0.3, -0.25) is 9.69 Å². The van der Waals surface area contributed by atoms with Gasteiger partial charge in [0, 0.05) is 38.1 Å². The van der Waals surface area contributed by atoms with E-state index < -0.39 is 18.0 Å². The minimum Gasteiger partial charge on any atom is -0.379 e. The number of morpholine rings is 1. The fourth-order valence-electron chi connectivity index (χ4n) is 4.57. The maximum Gasteiger partial charge on any atom is 0.392 e. The van der Waals surface area contributed by atoms with Gasteiger partial charge in [0.05, 0.1) is 19.1 Å². The number of likely N-dealkylation sites (tertiary alicyclic amines) is 1. The lowest BCUT2D eigenvalue weighted by molar-refractivity contribution is -0.200. The van der Waals surface area contributed by atoms with E-state index in [1.54, 1.807) is 4.90 Å². The van der Waals surface area contributed by atoms with Crippen LogP contribution in [0.15, 0.2) is 0 Å². The van der Waals surface area contributed by atoms with Crippen LogP contribution in [0.4, 0.5) is 13.2 Å². The average Bonchev–Trinajstić information content (AvgIpc) is 2.96. The zero-order valence-corrected chi connectivity index (χ0v) is 14.2. The van der Waals surface area contributed by atoms with Crippen LogP contribution in [-0.4, -0.2) is 67.3 Å². The molecule has 0 aromatic carbocycles. The third kappa shape index (κ3) is 3.72. The molecule has 138 valence electrons. The van der Waals surface area contributed by atoms with Gasteiger partial charge in [0.2, 0.25) is 5.91 Å². The highest BCUT2D eigenvalue weighted by molar-refractivity contribution is 5.79. The van der Waals surface area contributed by atoms with Crippen LogP contribution < -0.4 is 0 Å². The first-order chi connectivity index (χ1) is 11.4. The predicted molar refractivity (Wildman–Crippen MR) is 83.4 cm³/mol. The first-order valence-corrected chi connectivity index (χ1v) is 9.05. The van der Waals surface area contributed by atoms with E-state index in [2.05, 4.69) is 11.8 Å². The van der Waals surface area contributed by atoms with Crippen molar-refractivity contribution in [2.45, 2.75) is 44.8 Å². The van der Waals surface area contributed by atoms with Crippen molar-refractivity contribution in [2.24, 2.45) is 17.8 Å². The summed E-state index contributed by atoms with van der Waals surface area (Å²) in [6, 6.07) is 0.241. The number of amides is 1. The lowest BCUT2D eigenvalue weighted by Gasteiger charge is -2.35. The number of carbonyl (C=O) groups is 1. The Kier molecular flexibility index (Phi) is 5.39. The van der Waals surface area contributed by atoms with E-state index in [-0.39, 0.29) is 18.4 Å². The highest BCUT2D eigenvalue weighted by atomic mass is 19.4. The quantitative estimate of drug-likeness (QED) is 0.769. The molecule has 0 unspecified atom stereocenters. The molecule has 2 aliphatic heterocycles. The third-order valence-corrected chi connectivity index (χ3v) is 5.90. The van der Waals surface area contributed by atoms with E-state index in [9.17, 15) is 18.0 Å². The van der Waals surface area contributed by atoms with Crippen LogP contribution in [0.25, 0.3) is 0 Å². The molecule has 1 saturated carbocycles. The van der Waals surface area contributed by atoms with Gasteiger partial charge >= 0.3 is 6.18 Å². The Labute approximate surface area is 141 Å². The Bertz CT molecular complexity index is 452. The molecule has 0 spiro atoms. The smallest absolute Gasteiger partial charge is 0.379 e. The summed E-state index contributed by atoms with van der Waals surface area (Å²) < 4.78 is 45.2. The van der Waals surface area contributed by atoms with E-state index >= 15 is 0 Å². The molecule has 3 aliphatic rings. The van der Waals surface area contributed by atoms with Crippen LogP contribution >= 0.6 is 0 Å². The molecule has 4 nitrogen and oxygen atoms in total. The summed E-state index contributed by atoms with van der Waals surface area (Å²) in [6.07, 6.45) is -2.51. The molecule has 2 saturated heterocycles. The second-order valence-electron chi connectivity index (χ2n) is 7.48. The molecule has 4 atom stereocenters. The number of carbonyl (C=O) groups excluding carboxylic acids is 1. The number of ether oxygens (including phenoxy) is 1. The van der Waals surface area contributed by atoms with Crippen molar-refractivity contribution in [1.29, 1.82) is 0 Å². The maximum atomic E-state index is 13.3. The first-order valence-electron chi connectivity index (χ1n) is 9.05. The highest BCUT2D eigenvalue weighted by Crippen LogP contribution is 2.42. The summed E-state index contributed by atoms with van der Waals surface area (Å²) in [5.41, 5.74) is 0. The van der Waals surface area contributed by atoms with Gasteiger partial charge in [0.25, 0.3) is 0 Å². The fourth-order valence-corrected chi connectivity index (χ4v) is 4.57. The van der Waals surface area contributed by atoms with Crippen molar-refractivity contribution in [3.8, 4) is 0 Å². The van der Waals surface area contributed by atoms with Crippen molar-refractivity contribution >= 4 is 5.91 Å². The van der Waals surface area contributed by atoms with Crippen LogP contribution in [0.1, 0.15) is 32.6 Å². The van der Waals surface area contributed by atoms with E-state index in [1.165, 1.54) is 0 Å². The van der Waals surface area contributed by atoms with Crippen LogP contribution in [0.3, 0.4) is 0 Å². The van der Waals surface area contributed by atoms with E-state index in [0.29, 0.717) is 45.1 Å². The average molecular weight is 348 g/mol. The Morgan fingerprint density at radius 1 is 1.08 bits per heavy atom. The Hall–Kier alpha value is -0.820. The van der Waals surface area contributed by atoms with Crippen molar-refractivity contribution in [2.75, 3.05) is 39.4 Å². The molecule has 2 heterocycles. The topological polar surface area (TPSA) is 32.8 Å². The SMILES string of the molecule is C[C@@H]1CN(C(=O)[C@@H]2CCCC[C@H]2C(F)(F)F)C[C@H]1N1CCOCC1.